The zero-order valence-electron chi connectivity index (χ0n) is 45.0. The molecule has 2 aromatic heterocycles. The first-order valence-electron chi connectivity index (χ1n) is 28.4. The van der Waals surface area contributed by atoms with Gasteiger partial charge in [-0.15, -0.1) is 0 Å². The molecule has 4 aliphatic heterocycles. The van der Waals surface area contributed by atoms with Crippen LogP contribution in [0.3, 0.4) is 0 Å². The zero-order chi connectivity index (χ0) is 51.4. The fourth-order valence-corrected chi connectivity index (χ4v) is 13.9. The Balaban J connectivity index is 1.15. The van der Waals surface area contributed by atoms with Crippen LogP contribution in [0.15, 0.2) is 158 Å². The van der Waals surface area contributed by atoms with Crippen molar-refractivity contribution in [1.82, 2.24) is 9.13 Å². The lowest BCUT2D eigenvalue weighted by Gasteiger charge is -2.41. The Morgan fingerprint density at radius 1 is 0.368 bits per heavy atom. The zero-order valence-corrected chi connectivity index (χ0v) is 45.0. The number of hydrogen-bond acceptors (Lipinski definition) is 2. The van der Waals surface area contributed by atoms with Gasteiger partial charge in [-0.05, 0) is 164 Å². The van der Waals surface area contributed by atoms with Gasteiger partial charge in [0.1, 0.15) is 23.0 Å². The van der Waals surface area contributed by atoms with Crippen molar-refractivity contribution in [2.24, 2.45) is 0 Å². The number of ether oxygens (including phenoxy) is 2. The van der Waals surface area contributed by atoms with Gasteiger partial charge in [-0.1, -0.05) is 165 Å². The lowest BCUT2D eigenvalue weighted by atomic mass is 9.31. The molecule has 0 bridgehead atoms. The maximum atomic E-state index is 7.92. The summed E-state index contributed by atoms with van der Waals surface area (Å²) in [6, 6.07) is 60.5. The van der Waals surface area contributed by atoms with E-state index in [1.807, 2.05) is 0 Å². The van der Waals surface area contributed by atoms with Gasteiger partial charge in [0.15, 0.2) is 0 Å². The molecule has 0 N–H and O–H groups in total. The third-order valence-electron chi connectivity index (χ3n) is 19.0. The number of rotatable bonds is 10. The van der Waals surface area contributed by atoms with Crippen LogP contribution in [0.4, 0.5) is 0 Å². The minimum absolute atomic E-state index is 0.139. The van der Waals surface area contributed by atoms with Crippen LogP contribution in [0.5, 0.6) is 23.0 Å². The summed E-state index contributed by atoms with van der Waals surface area (Å²) in [5.74, 6) is 5.30. The van der Waals surface area contributed by atoms with Crippen LogP contribution in [0.2, 0.25) is 0 Å². The van der Waals surface area contributed by atoms with E-state index in [1.165, 1.54) is 110 Å². The molecule has 6 heterocycles. The van der Waals surface area contributed by atoms with E-state index in [4.69, 9.17) is 9.47 Å². The molecule has 0 radical (unpaired) electrons. The molecule has 370 valence electrons. The van der Waals surface area contributed by atoms with Crippen LogP contribution in [-0.2, 0) is 0 Å². The third-order valence-corrected chi connectivity index (χ3v) is 19.0. The van der Waals surface area contributed by atoms with E-state index in [9.17, 15) is 0 Å². The third kappa shape index (κ3) is 6.27. The molecule has 0 spiro atoms. The highest BCUT2D eigenvalue weighted by Gasteiger charge is 2.51. The fourth-order valence-electron chi connectivity index (χ4n) is 13.9. The molecule has 15 rings (SSSR count). The summed E-state index contributed by atoms with van der Waals surface area (Å²) in [4.78, 5) is 0. The Kier molecular flexibility index (Phi) is 10.2. The number of benzene rings is 9. The topological polar surface area (TPSA) is 28.3 Å². The summed E-state index contributed by atoms with van der Waals surface area (Å²) in [6.45, 7) is 18.5. The van der Waals surface area contributed by atoms with E-state index in [1.54, 1.807) is 0 Å². The molecule has 4 nitrogen and oxygen atoms in total. The van der Waals surface area contributed by atoms with E-state index in [-0.39, 0.29) is 13.4 Å². The van der Waals surface area contributed by atoms with Crippen molar-refractivity contribution in [3.8, 4) is 56.6 Å². The van der Waals surface area contributed by atoms with Crippen molar-refractivity contribution in [3.05, 3.63) is 180 Å². The minimum atomic E-state index is -0.139. The number of nitrogens with zero attached hydrogens (tertiary/aromatic N) is 2. The van der Waals surface area contributed by atoms with Crippen molar-refractivity contribution in [1.29, 1.82) is 0 Å². The van der Waals surface area contributed by atoms with E-state index in [0.717, 1.165) is 71.2 Å². The van der Waals surface area contributed by atoms with E-state index in [2.05, 4.69) is 222 Å². The second-order valence-electron chi connectivity index (χ2n) is 23.0. The average molecular weight is 985 g/mol. The van der Waals surface area contributed by atoms with Gasteiger partial charge in [-0.25, -0.2) is 0 Å². The van der Waals surface area contributed by atoms with Gasteiger partial charge in [0.05, 0.1) is 22.4 Å². The lowest BCUT2D eigenvalue weighted by Crippen LogP contribution is -2.63. The molecular formula is C70H62B2N2O2. The first-order valence-corrected chi connectivity index (χ1v) is 28.4. The van der Waals surface area contributed by atoms with E-state index >= 15 is 0 Å². The van der Waals surface area contributed by atoms with Crippen molar-refractivity contribution in [2.75, 3.05) is 0 Å². The van der Waals surface area contributed by atoms with Crippen molar-refractivity contribution < 1.29 is 9.47 Å². The predicted octanol–water partition coefficient (Wildman–Crippen LogP) is 15.1. The molecule has 0 amide bonds. The van der Waals surface area contributed by atoms with Gasteiger partial charge in [0, 0.05) is 43.5 Å². The molecule has 4 atom stereocenters. The Labute approximate surface area is 447 Å². The monoisotopic (exact) mass is 984 g/mol. The van der Waals surface area contributed by atoms with Gasteiger partial charge >= 0.3 is 0 Å². The number of aromatic nitrogens is 2. The first-order chi connectivity index (χ1) is 37.2. The SMILES string of the molecule is CCC(C)c1ccc2c(c1)c1cc(C(C)CC)cc3c1n2-c1c2c4c(c5c1B3c1ccc(-c3ccccc3)cc1O5)-n1c3ccc(C(C)CC)cc3c3cc(C(C)CC)cc(c31)B4c1ccc(-c3ccccc3)cc1O2. The molecule has 76 heavy (non-hydrogen) atoms. The van der Waals surface area contributed by atoms with Crippen LogP contribution in [0.1, 0.15) is 127 Å². The molecule has 6 heteroatoms. The maximum absolute atomic E-state index is 7.92. The normalized spacial score (nSPS) is 15.0. The van der Waals surface area contributed by atoms with E-state index in [0.29, 0.717) is 23.7 Å². The highest BCUT2D eigenvalue weighted by Crippen LogP contribution is 2.50. The van der Waals surface area contributed by atoms with Crippen molar-refractivity contribution >= 4 is 89.8 Å². The van der Waals surface area contributed by atoms with Gasteiger partial charge in [-0.2, -0.15) is 0 Å². The van der Waals surface area contributed by atoms with Crippen LogP contribution >= 0.6 is 0 Å². The first kappa shape index (κ1) is 45.7. The van der Waals surface area contributed by atoms with Crippen molar-refractivity contribution in [3.63, 3.8) is 0 Å². The fraction of sp³-hybridized carbons (Fsp3) is 0.229. The lowest BCUT2D eigenvalue weighted by molar-refractivity contribution is 0.472. The summed E-state index contributed by atoms with van der Waals surface area (Å²) < 4.78 is 21.1. The molecule has 0 aliphatic carbocycles. The Morgan fingerprint density at radius 2 is 0.750 bits per heavy atom. The summed E-state index contributed by atoms with van der Waals surface area (Å²) in [6.07, 6.45) is 4.27. The largest absolute Gasteiger partial charge is 0.456 e. The number of hydrogen-bond donors (Lipinski definition) is 0. The molecule has 4 unspecified atom stereocenters. The highest BCUT2D eigenvalue weighted by molar-refractivity contribution is 7.02. The average Bonchev–Trinajstić information content (AvgIpc) is 4.10. The number of fused-ring (bicyclic) bond motifs is 16. The molecule has 0 saturated carbocycles. The smallest absolute Gasteiger partial charge is 0.256 e. The molecule has 0 saturated heterocycles. The van der Waals surface area contributed by atoms with E-state index < -0.39 is 0 Å². The Morgan fingerprint density at radius 3 is 1.14 bits per heavy atom. The Hall–Kier alpha value is -7.69. The van der Waals surface area contributed by atoms with Gasteiger partial charge < -0.3 is 18.6 Å². The van der Waals surface area contributed by atoms with Crippen LogP contribution in [-0.4, -0.2) is 22.6 Å². The Bertz CT molecular complexity index is 3990. The summed E-state index contributed by atoms with van der Waals surface area (Å²) in [5, 5.41) is 5.23. The highest BCUT2D eigenvalue weighted by atomic mass is 16.5. The second kappa shape index (κ2) is 16.9. The summed E-state index contributed by atoms with van der Waals surface area (Å²) in [5.41, 5.74) is 24.7. The quantitative estimate of drug-likeness (QED) is 0.128. The van der Waals surface area contributed by atoms with Gasteiger partial charge in [-0.3, -0.25) is 0 Å². The van der Waals surface area contributed by atoms with Crippen LogP contribution in [0, 0.1) is 0 Å². The standard InChI is InChI=1S/C70H62B2N2O2/c1-9-39(5)45-25-29-59-51(31-45)53-33-49(41(7)11-3)35-57-65(53)73(59)67-63-70(76-61-37-47(23-27-55(61)71(57)63)43-19-15-13-16-20-43)68-64-69(67)75-62-38-48(44-21-17-14-18-22-44)24-28-56(62)72(64)58-36-50(42(8)12-4)34-54-52-32-46(40(6)10-2)26-30-60(52)74(68)66(54)58/h13-42H,9-12H2,1-8H3. The molecular weight excluding hydrogens is 922 g/mol. The molecule has 4 aliphatic rings. The minimum Gasteiger partial charge on any atom is -0.456 e. The molecule has 9 aromatic carbocycles. The van der Waals surface area contributed by atoms with Gasteiger partial charge in [0.25, 0.3) is 13.4 Å². The molecule has 0 fully saturated rings. The van der Waals surface area contributed by atoms with Crippen LogP contribution in [0.25, 0.3) is 77.2 Å². The van der Waals surface area contributed by atoms with Crippen molar-refractivity contribution in [2.45, 2.75) is 105 Å². The molecule has 11 aromatic rings. The predicted molar refractivity (Wildman–Crippen MR) is 323 cm³/mol. The summed E-state index contributed by atoms with van der Waals surface area (Å²) >= 11 is 0. The van der Waals surface area contributed by atoms with Gasteiger partial charge in [0.2, 0.25) is 0 Å². The van der Waals surface area contributed by atoms with Crippen LogP contribution < -0.4 is 42.3 Å². The second-order valence-corrected chi connectivity index (χ2v) is 23.0. The summed E-state index contributed by atoms with van der Waals surface area (Å²) in [7, 11) is 0. The maximum Gasteiger partial charge on any atom is 0.256 e.